The number of aryl methyl sites for hydroxylation is 1. The highest BCUT2D eigenvalue weighted by atomic mass is 19.4. The molecular formula is C17H11F3O2. The van der Waals surface area contributed by atoms with Gasteiger partial charge in [0.25, 0.3) is 0 Å². The summed E-state index contributed by atoms with van der Waals surface area (Å²) in [6, 6.07) is 12.8. The van der Waals surface area contributed by atoms with Gasteiger partial charge in [-0.15, -0.1) is 0 Å². The molecule has 0 N–H and O–H groups in total. The third-order valence-electron chi connectivity index (χ3n) is 3.41. The van der Waals surface area contributed by atoms with E-state index < -0.39 is 17.6 Å². The summed E-state index contributed by atoms with van der Waals surface area (Å²) in [4.78, 5) is 11.9. The molecule has 1 heterocycles. The van der Waals surface area contributed by atoms with Crippen molar-refractivity contribution in [1.82, 2.24) is 0 Å². The van der Waals surface area contributed by atoms with Crippen LogP contribution in [0.4, 0.5) is 13.2 Å². The molecule has 0 aliphatic carbocycles. The maximum Gasteiger partial charge on any atom is 0.450 e. The third-order valence-corrected chi connectivity index (χ3v) is 3.41. The fourth-order valence-electron chi connectivity index (χ4n) is 2.45. The van der Waals surface area contributed by atoms with Crippen LogP contribution in [0, 0.1) is 6.92 Å². The third kappa shape index (κ3) is 2.39. The van der Waals surface area contributed by atoms with E-state index in [0.29, 0.717) is 5.56 Å². The Balaban J connectivity index is 2.52. The van der Waals surface area contributed by atoms with Crippen LogP contribution in [0.15, 0.2) is 57.7 Å². The number of benzene rings is 2. The molecule has 0 bridgehead atoms. The molecule has 0 spiro atoms. The standard InChI is InChI=1S/C17H11F3O2/c1-10-7-8-12-13(9-10)14(11-5-3-2-4-6-11)15(17(18,19)20)22-16(12)21/h2-9H,1H3. The minimum absolute atomic E-state index is 0.105. The first-order valence-electron chi connectivity index (χ1n) is 6.58. The second-order valence-electron chi connectivity index (χ2n) is 5.01. The van der Waals surface area contributed by atoms with Gasteiger partial charge in [-0.2, -0.15) is 13.2 Å². The second-order valence-corrected chi connectivity index (χ2v) is 5.01. The van der Waals surface area contributed by atoms with Gasteiger partial charge in [-0.25, -0.2) is 4.79 Å². The van der Waals surface area contributed by atoms with Gasteiger partial charge in [0.1, 0.15) is 0 Å². The van der Waals surface area contributed by atoms with Gasteiger partial charge in [-0.3, -0.25) is 0 Å². The van der Waals surface area contributed by atoms with Crippen molar-refractivity contribution in [2.75, 3.05) is 0 Å². The van der Waals surface area contributed by atoms with Gasteiger partial charge in [0.15, 0.2) is 0 Å². The highest BCUT2D eigenvalue weighted by molar-refractivity contribution is 5.97. The Morgan fingerprint density at radius 3 is 2.27 bits per heavy atom. The average Bonchev–Trinajstić information content (AvgIpc) is 2.46. The summed E-state index contributed by atoms with van der Waals surface area (Å²) in [5.74, 6) is -1.26. The minimum Gasteiger partial charge on any atom is -0.417 e. The van der Waals surface area contributed by atoms with Gasteiger partial charge < -0.3 is 4.42 Å². The molecule has 2 aromatic carbocycles. The van der Waals surface area contributed by atoms with Crippen molar-refractivity contribution in [3.05, 3.63) is 70.3 Å². The molecule has 0 fully saturated rings. The van der Waals surface area contributed by atoms with E-state index >= 15 is 0 Å². The van der Waals surface area contributed by atoms with E-state index in [0.717, 1.165) is 5.56 Å². The van der Waals surface area contributed by atoms with Crippen LogP contribution in [0.5, 0.6) is 0 Å². The smallest absolute Gasteiger partial charge is 0.417 e. The molecular weight excluding hydrogens is 293 g/mol. The molecule has 0 radical (unpaired) electrons. The molecule has 1 aromatic heterocycles. The Labute approximate surface area is 123 Å². The number of rotatable bonds is 1. The Morgan fingerprint density at radius 1 is 0.955 bits per heavy atom. The van der Waals surface area contributed by atoms with Crippen LogP contribution in [-0.4, -0.2) is 0 Å². The first kappa shape index (κ1) is 14.4. The van der Waals surface area contributed by atoms with Gasteiger partial charge in [0.05, 0.1) is 5.39 Å². The van der Waals surface area contributed by atoms with Crippen LogP contribution < -0.4 is 5.63 Å². The topological polar surface area (TPSA) is 30.2 Å². The summed E-state index contributed by atoms with van der Waals surface area (Å²) in [5.41, 5.74) is 0.0333. The van der Waals surface area contributed by atoms with Crippen molar-refractivity contribution < 1.29 is 17.6 Å². The Morgan fingerprint density at radius 2 is 1.64 bits per heavy atom. The second kappa shape index (κ2) is 5.02. The lowest BCUT2D eigenvalue weighted by Gasteiger charge is -2.14. The predicted molar refractivity (Wildman–Crippen MR) is 77.7 cm³/mol. The van der Waals surface area contributed by atoms with Crippen LogP contribution in [0.3, 0.4) is 0 Å². The molecule has 5 heteroatoms. The summed E-state index contributed by atoms with van der Waals surface area (Å²) in [5, 5.41) is 0.382. The van der Waals surface area contributed by atoms with E-state index in [1.807, 2.05) is 0 Å². The minimum atomic E-state index is -4.75. The average molecular weight is 304 g/mol. The quantitative estimate of drug-likeness (QED) is 0.647. The number of hydrogen-bond donors (Lipinski definition) is 0. The summed E-state index contributed by atoms with van der Waals surface area (Å²) in [6.45, 7) is 1.76. The van der Waals surface area contributed by atoms with Crippen molar-refractivity contribution in [1.29, 1.82) is 0 Å². The first-order valence-corrected chi connectivity index (χ1v) is 6.58. The molecule has 0 saturated heterocycles. The predicted octanol–water partition coefficient (Wildman–Crippen LogP) is 4.79. The van der Waals surface area contributed by atoms with E-state index in [4.69, 9.17) is 0 Å². The van der Waals surface area contributed by atoms with E-state index in [-0.39, 0.29) is 16.3 Å². The van der Waals surface area contributed by atoms with E-state index in [9.17, 15) is 18.0 Å². The summed E-state index contributed by atoms with van der Waals surface area (Å²) in [7, 11) is 0. The largest absolute Gasteiger partial charge is 0.450 e. The van der Waals surface area contributed by atoms with E-state index in [2.05, 4.69) is 4.42 Å². The Bertz CT molecular complexity index is 893. The van der Waals surface area contributed by atoms with Crippen molar-refractivity contribution >= 4 is 10.8 Å². The summed E-state index contributed by atoms with van der Waals surface area (Å²) in [6.07, 6.45) is -4.75. The molecule has 0 amide bonds. The van der Waals surface area contributed by atoms with Crippen molar-refractivity contribution in [3.8, 4) is 11.1 Å². The zero-order chi connectivity index (χ0) is 15.9. The van der Waals surface area contributed by atoms with Gasteiger partial charge >= 0.3 is 11.8 Å². The lowest BCUT2D eigenvalue weighted by Crippen LogP contribution is -2.13. The monoisotopic (exact) mass is 304 g/mol. The maximum absolute atomic E-state index is 13.3. The summed E-state index contributed by atoms with van der Waals surface area (Å²) >= 11 is 0. The van der Waals surface area contributed by atoms with E-state index in [1.54, 1.807) is 49.4 Å². The van der Waals surface area contributed by atoms with Gasteiger partial charge in [-0.1, -0.05) is 48.0 Å². The van der Waals surface area contributed by atoms with Crippen molar-refractivity contribution in [2.45, 2.75) is 13.1 Å². The normalized spacial score (nSPS) is 11.8. The Kier molecular flexibility index (Phi) is 3.28. The highest BCUT2D eigenvalue weighted by Crippen LogP contribution is 2.40. The van der Waals surface area contributed by atoms with Gasteiger partial charge in [0.2, 0.25) is 5.76 Å². The fraction of sp³-hybridized carbons (Fsp3) is 0.118. The molecule has 3 aromatic rings. The van der Waals surface area contributed by atoms with Crippen molar-refractivity contribution in [2.24, 2.45) is 0 Å². The lowest BCUT2D eigenvalue weighted by molar-refractivity contribution is -0.153. The molecule has 22 heavy (non-hydrogen) atoms. The van der Waals surface area contributed by atoms with Crippen molar-refractivity contribution in [3.63, 3.8) is 0 Å². The van der Waals surface area contributed by atoms with Crippen LogP contribution in [0.2, 0.25) is 0 Å². The molecule has 0 atom stereocenters. The number of hydrogen-bond acceptors (Lipinski definition) is 2. The Hall–Kier alpha value is -2.56. The van der Waals surface area contributed by atoms with Crippen LogP contribution in [0.1, 0.15) is 11.3 Å². The molecule has 2 nitrogen and oxygen atoms in total. The van der Waals surface area contributed by atoms with Gasteiger partial charge in [-0.05, 0) is 18.6 Å². The molecule has 0 aliphatic heterocycles. The number of halogens is 3. The molecule has 0 unspecified atom stereocenters. The first-order chi connectivity index (χ1) is 10.4. The SMILES string of the molecule is Cc1ccc2c(=O)oc(C(F)(F)F)c(-c3ccccc3)c2c1. The zero-order valence-corrected chi connectivity index (χ0v) is 11.6. The van der Waals surface area contributed by atoms with Crippen LogP contribution in [-0.2, 0) is 6.18 Å². The molecule has 0 saturated carbocycles. The summed E-state index contributed by atoms with van der Waals surface area (Å²) < 4.78 is 44.5. The van der Waals surface area contributed by atoms with Crippen LogP contribution >= 0.6 is 0 Å². The fourth-order valence-corrected chi connectivity index (χ4v) is 2.45. The number of alkyl halides is 3. The number of fused-ring (bicyclic) bond motifs is 1. The molecule has 3 rings (SSSR count). The molecule has 0 aliphatic rings. The molecule has 112 valence electrons. The zero-order valence-electron chi connectivity index (χ0n) is 11.6. The maximum atomic E-state index is 13.3. The van der Waals surface area contributed by atoms with Gasteiger partial charge in [0, 0.05) is 10.9 Å². The van der Waals surface area contributed by atoms with E-state index in [1.165, 1.54) is 6.07 Å². The van der Waals surface area contributed by atoms with Crippen LogP contribution in [0.25, 0.3) is 21.9 Å². The lowest BCUT2D eigenvalue weighted by atomic mass is 9.97. The highest BCUT2D eigenvalue weighted by Gasteiger charge is 2.39.